The monoisotopic (exact) mass is 264 g/mol. The van der Waals surface area contributed by atoms with Gasteiger partial charge in [0.2, 0.25) is 0 Å². The molecule has 1 fully saturated rings. The lowest BCUT2D eigenvalue weighted by Gasteiger charge is -2.32. The van der Waals surface area contributed by atoms with Crippen molar-refractivity contribution in [2.24, 2.45) is 5.92 Å². The molecule has 1 aliphatic heterocycles. The number of ether oxygens (including phenoxy) is 1. The number of hydrogen-bond donors (Lipinski definition) is 1. The van der Waals surface area contributed by atoms with E-state index in [9.17, 15) is 9.59 Å². The summed E-state index contributed by atoms with van der Waals surface area (Å²) in [5.74, 6) is 0.189. The maximum absolute atomic E-state index is 12.3. The first-order valence-corrected chi connectivity index (χ1v) is 6.59. The number of amides is 1. The van der Waals surface area contributed by atoms with Gasteiger partial charge in [-0.2, -0.15) is 0 Å². The van der Waals surface area contributed by atoms with Crippen LogP contribution < -0.4 is 5.43 Å². The number of likely N-dealkylation sites (tertiary alicyclic amines) is 1. The molecule has 1 N–H and O–H groups in total. The minimum atomic E-state index is -0.213. The first kappa shape index (κ1) is 13.8. The average molecular weight is 264 g/mol. The fourth-order valence-electron chi connectivity index (χ4n) is 2.53. The highest BCUT2D eigenvalue weighted by Crippen LogP contribution is 2.17. The molecule has 5 nitrogen and oxygen atoms in total. The first-order valence-electron chi connectivity index (χ1n) is 6.59. The summed E-state index contributed by atoms with van der Waals surface area (Å²) >= 11 is 0. The van der Waals surface area contributed by atoms with Crippen LogP contribution in [0.25, 0.3) is 0 Å². The quantitative estimate of drug-likeness (QED) is 0.891. The summed E-state index contributed by atoms with van der Waals surface area (Å²) in [6.07, 6.45) is 3.55. The van der Waals surface area contributed by atoms with Crippen molar-refractivity contribution < 1.29 is 9.53 Å². The summed E-state index contributed by atoms with van der Waals surface area (Å²) in [4.78, 5) is 28.9. The molecule has 1 amide bonds. The van der Waals surface area contributed by atoms with Gasteiger partial charge in [0, 0.05) is 38.2 Å². The van der Waals surface area contributed by atoms with E-state index >= 15 is 0 Å². The van der Waals surface area contributed by atoms with Crippen molar-refractivity contribution in [1.29, 1.82) is 0 Å². The highest BCUT2D eigenvalue weighted by molar-refractivity contribution is 5.93. The number of methoxy groups -OCH3 is 1. The smallest absolute Gasteiger partial charge is 0.259 e. The summed E-state index contributed by atoms with van der Waals surface area (Å²) in [5, 5.41) is 0. The SMILES string of the molecule is COCC1CCCN(C(=O)c2c[nH]c(C)cc2=O)C1. The highest BCUT2D eigenvalue weighted by Gasteiger charge is 2.25. The van der Waals surface area contributed by atoms with Crippen LogP contribution in [0, 0.1) is 12.8 Å². The second kappa shape index (κ2) is 6.02. The van der Waals surface area contributed by atoms with Crippen molar-refractivity contribution in [2.45, 2.75) is 19.8 Å². The normalized spacial score (nSPS) is 19.5. The van der Waals surface area contributed by atoms with E-state index in [-0.39, 0.29) is 16.9 Å². The zero-order chi connectivity index (χ0) is 13.8. The maximum Gasteiger partial charge on any atom is 0.259 e. The van der Waals surface area contributed by atoms with Crippen molar-refractivity contribution in [1.82, 2.24) is 9.88 Å². The van der Waals surface area contributed by atoms with Gasteiger partial charge in [-0.3, -0.25) is 9.59 Å². The average Bonchev–Trinajstić information content (AvgIpc) is 2.39. The molecule has 1 aliphatic rings. The third-order valence-corrected chi connectivity index (χ3v) is 3.50. The molecule has 2 heterocycles. The zero-order valence-corrected chi connectivity index (χ0v) is 11.4. The maximum atomic E-state index is 12.3. The molecule has 0 spiro atoms. The van der Waals surface area contributed by atoms with Crippen LogP contribution in [0.3, 0.4) is 0 Å². The van der Waals surface area contributed by atoms with Gasteiger partial charge in [-0.15, -0.1) is 0 Å². The van der Waals surface area contributed by atoms with Gasteiger partial charge in [0.15, 0.2) is 5.43 Å². The van der Waals surface area contributed by atoms with Crippen LogP contribution in [0.2, 0.25) is 0 Å². The Morgan fingerprint density at radius 1 is 1.58 bits per heavy atom. The van der Waals surface area contributed by atoms with Crippen molar-refractivity contribution in [2.75, 3.05) is 26.8 Å². The fourth-order valence-corrected chi connectivity index (χ4v) is 2.53. The molecular weight excluding hydrogens is 244 g/mol. The number of aryl methyl sites for hydroxylation is 1. The lowest BCUT2D eigenvalue weighted by molar-refractivity contribution is 0.0569. The standard InChI is InChI=1S/C14H20N2O3/c1-10-6-13(17)12(7-15-10)14(18)16-5-3-4-11(8-16)9-19-2/h6-7,11H,3-5,8-9H2,1-2H3,(H,15,17). The Labute approximate surface area is 112 Å². The van der Waals surface area contributed by atoms with Crippen LogP contribution >= 0.6 is 0 Å². The number of piperidine rings is 1. The van der Waals surface area contributed by atoms with Crippen molar-refractivity contribution in [3.05, 3.63) is 33.7 Å². The predicted octanol–water partition coefficient (Wildman–Crippen LogP) is 1.18. The number of aromatic nitrogens is 1. The lowest BCUT2D eigenvalue weighted by atomic mass is 9.98. The zero-order valence-electron chi connectivity index (χ0n) is 11.4. The third kappa shape index (κ3) is 3.23. The van der Waals surface area contributed by atoms with Gasteiger partial charge in [0.05, 0.1) is 6.61 Å². The number of carbonyl (C=O) groups excluding carboxylic acids is 1. The van der Waals surface area contributed by atoms with Crippen molar-refractivity contribution >= 4 is 5.91 Å². The van der Waals surface area contributed by atoms with Crippen LogP contribution in [0.1, 0.15) is 28.9 Å². The summed E-state index contributed by atoms with van der Waals surface area (Å²) in [6, 6.07) is 1.46. The topological polar surface area (TPSA) is 62.4 Å². The first-order chi connectivity index (χ1) is 9.11. The number of H-pyrrole nitrogens is 1. The Morgan fingerprint density at radius 3 is 3.05 bits per heavy atom. The van der Waals surface area contributed by atoms with Crippen LogP contribution in [0.5, 0.6) is 0 Å². The van der Waals surface area contributed by atoms with E-state index in [0.29, 0.717) is 25.6 Å². The van der Waals surface area contributed by atoms with Crippen molar-refractivity contribution in [3.63, 3.8) is 0 Å². The second-order valence-corrected chi connectivity index (χ2v) is 5.11. The van der Waals surface area contributed by atoms with E-state index in [1.54, 1.807) is 18.9 Å². The van der Waals surface area contributed by atoms with Crippen LogP contribution in [-0.4, -0.2) is 42.6 Å². The molecule has 0 bridgehead atoms. The van der Waals surface area contributed by atoms with E-state index in [2.05, 4.69) is 4.98 Å². The number of nitrogens with one attached hydrogen (secondary N) is 1. The summed E-state index contributed by atoms with van der Waals surface area (Å²) in [7, 11) is 1.67. The fraction of sp³-hybridized carbons (Fsp3) is 0.571. The molecular formula is C14H20N2O3. The molecule has 0 aliphatic carbocycles. The van der Waals surface area contributed by atoms with Gasteiger partial charge in [-0.25, -0.2) is 0 Å². The summed E-state index contributed by atoms with van der Waals surface area (Å²) in [6.45, 7) is 3.84. The van der Waals surface area contributed by atoms with Gasteiger partial charge in [-0.05, 0) is 25.7 Å². The number of rotatable bonds is 3. The number of aromatic amines is 1. The molecule has 19 heavy (non-hydrogen) atoms. The van der Waals surface area contributed by atoms with Gasteiger partial charge in [-0.1, -0.05) is 0 Å². The molecule has 0 radical (unpaired) electrons. The van der Waals surface area contributed by atoms with E-state index in [0.717, 1.165) is 18.5 Å². The molecule has 1 saturated heterocycles. The molecule has 2 rings (SSSR count). The Kier molecular flexibility index (Phi) is 4.37. The highest BCUT2D eigenvalue weighted by atomic mass is 16.5. The molecule has 0 saturated carbocycles. The minimum Gasteiger partial charge on any atom is -0.384 e. The van der Waals surface area contributed by atoms with Gasteiger partial charge in [0.25, 0.3) is 5.91 Å². The van der Waals surface area contributed by atoms with E-state index in [4.69, 9.17) is 4.74 Å². The molecule has 104 valence electrons. The van der Waals surface area contributed by atoms with Gasteiger partial charge in [0.1, 0.15) is 5.56 Å². The Bertz CT molecular complexity index is 508. The Hall–Kier alpha value is -1.62. The number of pyridine rings is 1. The second-order valence-electron chi connectivity index (χ2n) is 5.11. The molecule has 0 aromatic carbocycles. The largest absolute Gasteiger partial charge is 0.384 e. The minimum absolute atomic E-state index is 0.179. The third-order valence-electron chi connectivity index (χ3n) is 3.50. The lowest BCUT2D eigenvalue weighted by Crippen LogP contribution is -2.42. The van der Waals surface area contributed by atoms with E-state index < -0.39 is 0 Å². The Morgan fingerprint density at radius 2 is 2.37 bits per heavy atom. The van der Waals surface area contributed by atoms with Crippen molar-refractivity contribution in [3.8, 4) is 0 Å². The molecule has 1 aromatic heterocycles. The van der Waals surface area contributed by atoms with E-state index in [1.807, 2.05) is 0 Å². The van der Waals surface area contributed by atoms with Gasteiger partial charge >= 0.3 is 0 Å². The number of nitrogens with zero attached hydrogens (tertiary/aromatic N) is 1. The summed E-state index contributed by atoms with van der Waals surface area (Å²) < 4.78 is 5.15. The van der Waals surface area contributed by atoms with Crippen LogP contribution in [-0.2, 0) is 4.74 Å². The van der Waals surface area contributed by atoms with Crippen LogP contribution in [0.4, 0.5) is 0 Å². The molecule has 1 unspecified atom stereocenters. The molecule has 5 heteroatoms. The molecule has 1 atom stereocenters. The molecule has 1 aromatic rings. The van der Waals surface area contributed by atoms with E-state index in [1.165, 1.54) is 12.3 Å². The number of carbonyl (C=O) groups is 1. The summed E-state index contributed by atoms with van der Waals surface area (Å²) in [5.41, 5.74) is 0.774. The Balaban J connectivity index is 2.12. The predicted molar refractivity (Wildman–Crippen MR) is 72.3 cm³/mol. The van der Waals surface area contributed by atoms with Gasteiger partial charge < -0.3 is 14.6 Å². The number of hydrogen-bond acceptors (Lipinski definition) is 3. The van der Waals surface area contributed by atoms with Crippen LogP contribution in [0.15, 0.2) is 17.1 Å².